The number of aryl methyl sites for hydroxylation is 1. The number of hydrogen-bond donors (Lipinski definition) is 2. The van der Waals surface area contributed by atoms with Crippen molar-refractivity contribution >= 4 is 23.4 Å². The van der Waals surface area contributed by atoms with E-state index in [1.54, 1.807) is 0 Å². The molecule has 0 radical (unpaired) electrons. The second-order valence-electron chi connectivity index (χ2n) is 8.48. The van der Waals surface area contributed by atoms with Gasteiger partial charge >= 0.3 is 0 Å². The zero-order valence-electron chi connectivity index (χ0n) is 16.5. The average molecular weight is 369 g/mol. The van der Waals surface area contributed by atoms with Gasteiger partial charge in [-0.1, -0.05) is 39.0 Å². The molecule has 6 heteroatoms. The van der Waals surface area contributed by atoms with Gasteiger partial charge in [-0.2, -0.15) is 0 Å². The van der Waals surface area contributed by atoms with Gasteiger partial charge in [-0.25, -0.2) is 0 Å². The van der Waals surface area contributed by atoms with Crippen LogP contribution < -0.4 is 10.6 Å². The van der Waals surface area contributed by atoms with Crippen molar-refractivity contribution in [2.75, 3.05) is 5.32 Å². The number of anilines is 1. The number of likely N-dealkylation sites (tertiary alicyclic amines) is 1. The van der Waals surface area contributed by atoms with Crippen molar-refractivity contribution in [1.82, 2.24) is 10.2 Å². The first-order valence-electron chi connectivity index (χ1n) is 9.81. The van der Waals surface area contributed by atoms with E-state index in [-0.39, 0.29) is 35.7 Å². The maximum Gasteiger partial charge on any atom is 0.250 e. The molecule has 5 unspecified atom stereocenters. The van der Waals surface area contributed by atoms with Crippen molar-refractivity contribution in [3.63, 3.8) is 0 Å². The standard InChI is InChI=1S/C21H27N3O3/c1-6-12(5)24-18(25)14-15(19(24)26)21(23-16(14)10(2)3)13-9-7-8-11(4)17(13)22-20(21)27/h7-10,12,14-16,23H,6H2,1-5H3,(H,22,27). The lowest BCUT2D eigenvalue weighted by atomic mass is 9.75. The summed E-state index contributed by atoms with van der Waals surface area (Å²) >= 11 is 0. The van der Waals surface area contributed by atoms with E-state index < -0.39 is 17.4 Å². The number of para-hydroxylation sites is 1. The summed E-state index contributed by atoms with van der Waals surface area (Å²) in [5, 5.41) is 6.44. The number of nitrogens with zero attached hydrogens (tertiary/aromatic N) is 1. The van der Waals surface area contributed by atoms with Gasteiger partial charge in [-0.3, -0.25) is 24.6 Å². The Labute approximate surface area is 159 Å². The third-order valence-corrected chi connectivity index (χ3v) is 6.68. The summed E-state index contributed by atoms with van der Waals surface area (Å²) in [5.41, 5.74) is 1.34. The van der Waals surface area contributed by atoms with Gasteiger partial charge in [-0.05, 0) is 31.7 Å². The van der Waals surface area contributed by atoms with Crippen LogP contribution in [-0.4, -0.2) is 34.7 Å². The minimum absolute atomic E-state index is 0.118. The van der Waals surface area contributed by atoms with Crippen molar-refractivity contribution in [2.45, 2.75) is 58.7 Å². The van der Waals surface area contributed by atoms with E-state index in [9.17, 15) is 14.4 Å². The van der Waals surface area contributed by atoms with Gasteiger partial charge < -0.3 is 5.32 Å². The summed E-state index contributed by atoms with van der Waals surface area (Å²) in [5.74, 6) is -1.68. The number of hydrogen-bond acceptors (Lipinski definition) is 4. The molecule has 3 amide bonds. The van der Waals surface area contributed by atoms with Gasteiger partial charge in [0.15, 0.2) is 0 Å². The zero-order valence-corrected chi connectivity index (χ0v) is 16.5. The Hall–Kier alpha value is -2.21. The largest absolute Gasteiger partial charge is 0.324 e. The molecule has 1 spiro atoms. The molecule has 0 saturated carbocycles. The Kier molecular flexibility index (Phi) is 3.97. The molecule has 1 aromatic rings. The van der Waals surface area contributed by atoms with Gasteiger partial charge in [0.25, 0.3) is 0 Å². The summed E-state index contributed by atoms with van der Waals surface area (Å²) in [6, 6.07) is 5.36. The predicted octanol–water partition coefficient (Wildman–Crippen LogP) is 2.17. The van der Waals surface area contributed by atoms with E-state index in [0.29, 0.717) is 6.42 Å². The van der Waals surface area contributed by atoms with E-state index in [0.717, 1.165) is 16.8 Å². The van der Waals surface area contributed by atoms with Crippen LogP contribution in [-0.2, 0) is 19.9 Å². The van der Waals surface area contributed by atoms with Crippen LogP contribution in [0.3, 0.4) is 0 Å². The highest BCUT2D eigenvalue weighted by molar-refractivity contribution is 6.15. The monoisotopic (exact) mass is 369 g/mol. The Morgan fingerprint density at radius 1 is 1.15 bits per heavy atom. The quantitative estimate of drug-likeness (QED) is 0.801. The second kappa shape index (κ2) is 5.89. The Bertz CT molecular complexity index is 849. The SMILES string of the molecule is CCC(C)N1C(=O)C2C(C(C)C)NC3(C(=O)Nc4c(C)cccc43)C2C1=O. The molecular weight excluding hydrogens is 342 g/mol. The van der Waals surface area contributed by atoms with E-state index >= 15 is 0 Å². The number of nitrogens with one attached hydrogen (secondary N) is 2. The Morgan fingerprint density at radius 3 is 2.48 bits per heavy atom. The average Bonchev–Trinajstić information content (AvgIpc) is 3.21. The molecule has 4 rings (SSSR count). The normalized spacial score (nSPS) is 33.0. The number of fused-ring (bicyclic) bond motifs is 4. The zero-order chi connectivity index (χ0) is 19.7. The molecule has 1 aromatic carbocycles. The van der Waals surface area contributed by atoms with Crippen LogP contribution in [0.4, 0.5) is 5.69 Å². The summed E-state index contributed by atoms with van der Waals surface area (Å²) in [6.07, 6.45) is 0.700. The van der Waals surface area contributed by atoms with Crippen LogP contribution >= 0.6 is 0 Å². The summed E-state index contributed by atoms with van der Waals surface area (Å²) < 4.78 is 0. The number of amides is 3. The van der Waals surface area contributed by atoms with Crippen LogP contribution in [0.25, 0.3) is 0 Å². The third kappa shape index (κ3) is 2.13. The number of rotatable bonds is 3. The first kappa shape index (κ1) is 18.2. The van der Waals surface area contributed by atoms with Crippen molar-refractivity contribution in [1.29, 1.82) is 0 Å². The topological polar surface area (TPSA) is 78.5 Å². The summed E-state index contributed by atoms with van der Waals surface area (Å²) in [7, 11) is 0. The minimum atomic E-state index is -1.17. The molecule has 5 atom stereocenters. The van der Waals surface area contributed by atoms with E-state index in [1.807, 2.05) is 52.8 Å². The fourth-order valence-electron chi connectivity index (χ4n) is 5.12. The molecule has 6 nitrogen and oxygen atoms in total. The third-order valence-electron chi connectivity index (χ3n) is 6.68. The van der Waals surface area contributed by atoms with Gasteiger partial charge in [-0.15, -0.1) is 0 Å². The number of imide groups is 1. The van der Waals surface area contributed by atoms with E-state index in [2.05, 4.69) is 10.6 Å². The van der Waals surface area contributed by atoms with Crippen LogP contribution in [0.15, 0.2) is 18.2 Å². The highest BCUT2D eigenvalue weighted by Gasteiger charge is 2.71. The van der Waals surface area contributed by atoms with E-state index in [1.165, 1.54) is 4.90 Å². The van der Waals surface area contributed by atoms with Gasteiger partial charge in [0.1, 0.15) is 5.54 Å². The first-order chi connectivity index (χ1) is 12.8. The molecule has 3 aliphatic heterocycles. The van der Waals surface area contributed by atoms with Crippen LogP contribution in [0.5, 0.6) is 0 Å². The first-order valence-corrected chi connectivity index (χ1v) is 9.81. The van der Waals surface area contributed by atoms with Crippen molar-refractivity contribution < 1.29 is 14.4 Å². The molecular formula is C21H27N3O3. The highest BCUT2D eigenvalue weighted by atomic mass is 16.2. The van der Waals surface area contributed by atoms with Crippen LogP contribution in [0.2, 0.25) is 0 Å². The highest BCUT2D eigenvalue weighted by Crippen LogP contribution is 2.54. The molecule has 2 N–H and O–H groups in total. The molecule has 0 aromatic heterocycles. The molecule has 0 aliphatic carbocycles. The van der Waals surface area contributed by atoms with Crippen molar-refractivity contribution in [3.05, 3.63) is 29.3 Å². The predicted molar refractivity (Wildman–Crippen MR) is 102 cm³/mol. The summed E-state index contributed by atoms with van der Waals surface area (Å²) in [4.78, 5) is 41.4. The van der Waals surface area contributed by atoms with Crippen LogP contribution in [0, 0.1) is 24.7 Å². The van der Waals surface area contributed by atoms with Crippen molar-refractivity contribution in [2.24, 2.45) is 17.8 Å². The number of carbonyl (C=O) groups excluding carboxylic acids is 3. The molecule has 3 heterocycles. The molecule has 2 fully saturated rings. The van der Waals surface area contributed by atoms with Gasteiger partial charge in [0, 0.05) is 23.3 Å². The number of benzene rings is 1. The molecule has 144 valence electrons. The van der Waals surface area contributed by atoms with Crippen molar-refractivity contribution in [3.8, 4) is 0 Å². The Balaban J connectivity index is 1.92. The maximum atomic E-state index is 13.5. The fourth-order valence-corrected chi connectivity index (χ4v) is 5.12. The van der Waals surface area contributed by atoms with Gasteiger partial charge in [0.2, 0.25) is 17.7 Å². The lowest BCUT2D eigenvalue weighted by Gasteiger charge is -2.31. The fraction of sp³-hybridized carbons (Fsp3) is 0.571. The molecule has 0 bridgehead atoms. The number of carbonyl (C=O) groups is 3. The lowest BCUT2D eigenvalue weighted by Crippen LogP contribution is -2.54. The van der Waals surface area contributed by atoms with Gasteiger partial charge in [0.05, 0.1) is 11.8 Å². The lowest BCUT2D eigenvalue weighted by molar-refractivity contribution is -0.145. The smallest absolute Gasteiger partial charge is 0.250 e. The second-order valence-corrected chi connectivity index (χ2v) is 8.48. The minimum Gasteiger partial charge on any atom is -0.324 e. The molecule has 3 aliphatic rings. The Morgan fingerprint density at radius 2 is 1.85 bits per heavy atom. The molecule has 2 saturated heterocycles. The molecule has 27 heavy (non-hydrogen) atoms. The van der Waals surface area contributed by atoms with E-state index in [4.69, 9.17) is 0 Å². The van der Waals surface area contributed by atoms with Crippen LogP contribution in [0.1, 0.15) is 45.2 Å². The maximum absolute atomic E-state index is 13.5. The summed E-state index contributed by atoms with van der Waals surface area (Å²) in [6.45, 7) is 9.86.